The van der Waals surface area contributed by atoms with Crippen LogP contribution in [0.3, 0.4) is 0 Å². The van der Waals surface area contributed by atoms with Crippen molar-refractivity contribution in [3.8, 4) is 5.75 Å². The zero-order valence-corrected chi connectivity index (χ0v) is 10.7. The minimum atomic E-state index is -1.33. The fourth-order valence-electron chi connectivity index (χ4n) is 2.05. The van der Waals surface area contributed by atoms with Crippen molar-refractivity contribution in [1.82, 2.24) is 0 Å². The van der Waals surface area contributed by atoms with Crippen LogP contribution in [-0.4, -0.2) is 11.2 Å². The van der Waals surface area contributed by atoms with Gasteiger partial charge in [-0.25, -0.2) is 8.78 Å². The Morgan fingerprint density at radius 3 is 2.15 bits per heavy atom. The first-order valence-corrected chi connectivity index (χ1v) is 6.54. The molecule has 1 aliphatic carbocycles. The van der Waals surface area contributed by atoms with Crippen molar-refractivity contribution >= 4 is 0 Å². The molecule has 4 heteroatoms. The van der Waals surface area contributed by atoms with E-state index in [1.54, 1.807) is 24.3 Å². The molecule has 0 radical (unpaired) electrons. The molecule has 0 aliphatic heterocycles. The lowest BCUT2D eigenvalue weighted by Crippen LogP contribution is -2.06. The van der Waals surface area contributed by atoms with E-state index in [0.717, 1.165) is 25.0 Å². The first kappa shape index (κ1) is 13.1. The molecular formula is C16H14F2O2. The van der Waals surface area contributed by atoms with Gasteiger partial charge in [-0.15, -0.1) is 0 Å². The van der Waals surface area contributed by atoms with Crippen molar-refractivity contribution in [3.63, 3.8) is 0 Å². The molecule has 1 atom stereocenters. The average molecular weight is 276 g/mol. The number of rotatable bonds is 4. The Kier molecular flexibility index (Phi) is 3.40. The van der Waals surface area contributed by atoms with Gasteiger partial charge in [0.2, 0.25) is 0 Å². The van der Waals surface area contributed by atoms with E-state index >= 15 is 0 Å². The highest BCUT2D eigenvalue weighted by Gasteiger charge is 2.24. The van der Waals surface area contributed by atoms with Crippen LogP contribution in [0.4, 0.5) is 8.78 Å². The molecule has 1 N–H and O–H groups in total. The average Bonchev–Trinajstić information content (AvgIpc) is 3.23. The Morgan fingerprint density at radius 2 is 1.60 bits per heavy atom. The van der Waals surface area contributed by atoms with Gasteiger partial charge in [0.15, 0.2) is 0 Å². The number of aliphatic hydroxyl groups is 1. The summed E-state index contributed by atoms with van der Waals surface area (Å²) in [5.74, 6) is -0.802. The fraction of sp³-hybridized carbons (Fsp3) is 0.250. The number of halogens is 2. The third-order valence-electron chi connectivity index (χ3n) is 3.30. The van der Waals surface area contributed by atoms with Gasteiger partial charge in [0.05, 0.1) is 11.7 Å². The van der Waals surface area contributed by atoms with E-state index in [4.69, 9.17) is 4.74 Å². The maximum Gasteiger partial charge on any atom is 0.132 e. The molecule has 20 heavy (non-hydrogen) atoms. The molecule has 2 nitrogen and oxygen atoms in total. The van der Waals surface area contributed by atoms with Crippen LogP contribution < -0.4 is 4.74 Å². The lowest BCUT2D eigenvalue weighted by Gasteiger charge is -2.14. The van der Waals surface area contributed by atoms with Crippen molar-refractivity contribution in [2.45, 2.75) is 25.0 Å². The molecule has 2 aromatic rings. The van der Waals surface area contributed by atoms with Crippen molar-refractivity contribution < 1.29 is 18.6 Å². The van der Waals surface area contributed by atoms with Gasteiger partial charge in [0.1, 0.15) is 23.5 Å². The van der Waals surface area contributed by atoms with Crippen LogP contribution >= 0.6 is 0 Å². The Labute approximate surface area is 115 Å². The van der Waals surface area contributed by atoms with Crippen LogP contribution in [0.15, 0.2) is 42.5 Å². The summed E-state index contributed by atoms with van der Waals surface area (Å²) in [7, 11) is 0. The first-order valence-electron chi connectivity index (χ1n) is 6.54. The Balaban J connectivity index is 1.84. The smallest absolute Gasteiger partial charge is 0.132 e. The number of aliphatic hydroxyl groups excluding tert-OH is 1. The van der Waals surface area contributed by atoms with Crippen LogP contribution in [0.1, 0.15) is 30.1 Å². The lowest BCUT2D eigenvalue weighted by atomic mass is 10.0. The Morgan fingerprint density at radius 1 is 1.00 bits per heavy atom. The minimum Gasteiger partial charge on any atom is -0.490 e. The van der Waals surface area contributed by atoms with Gasteiger partial charge in [-0.05, 0) is 42.7 Å². The molecular weight excluding hydrogens is 262 g/mol. The van der Waals surface area contributed by atoms with Crippen LogP contribution in [0.25, 0.3) is 0 Å². The van der Waals surface area contributed by atoms with E-state index in [9.17, 15) is 13.9 Å². The molecule has 0 saturated heterocycles. The summed E-state index contributed by atoms with van der Waals surface area (Å²) in [6, 6.07) is 10.2. The highest BCUT2D eigenvalue weighted by atomic mass is 19.1. The molecule has 1 fully saturated rings. The molecule has 0 amide bonds. The van der Waals surface area contributed by atoms with Crippen LogP contribution in [0, 0.1) is 11.6 Å². The maximum atomic E-state index is 13.6. The number of hydrogen-bond donors (Lipinski definition) is 1. The van der Waals surface area contributed by atoms with Crippen LogP contribution in [-0.2, 0) is 0 Å². The molecule has 2 aromatic carbocycles. The van der Waals surface area contributed by atoms with E-state index in [0.29, 0.717) is 11.3 Å². The number of benzene rings is 2. The van der Waals surface area contributed by atoms with Gasteiger partial charge < -0.3 is 9.84 Å². The lowest BCUT2D eigenvalue weighted by molar-refractivity contribution is 0.209. The minimum absolute atomic E-state index is 0.287. The molecule has 0 aromatic heterocycles. The first-order chi connectivity index (χ1) is 9.65. The van der Waals surface area contributed by atoms with E-state index in [1.165, 1.54) is 6.07 Å². The highest BCUT2D eigenvalue weighted by Crippen LogP contribution is 2.30. The number of hydrogen-bond acceptors (Lipinski definition) is 2. The maximum absolute atomic E-state index is 13.6. The standard InChI is InChI=1S/C16H14F2O2/c17-13-2-1-3-14(18)15(13)16(19)10-4-6-11(7-5-10)20-12-8-9-12/h1-7,12,16,19H,8-9H2. The van der Waals surface area contributed by atoms with E-state index in [1.807, 2.05) is 0 Å². The normalized spacial score (nSPS) is 15.9. The summed E-state index contributed by atoms with van der Waals surface area (Å²) in [6.45, 7) is 0. The van der Waals surface area contributed by atoms with Gasteiger partial charge in [-0.2, -0.15) is 0 Å². The molecule has 1 unspecified atom stereocenters. The summed E-state index contributed by atoms with van der Waals surface area (Å²) in [5, 5.41) is 10.1. The predicted molar refractivity (Wildman–Crippen MR) is 70.5 cm³/mol. The largest absolute Gasteiger partial charge is 0.490 e. The summed E-state index contributed by atoms with van der Waals surface area (Å²) in [6.07, 6.45) is 1.08. The van der Waals surface area contributed by atoms with Crippen molar-refractivity contribution in [1.29, 1.82) is 0 Å². The Hall–Kier alpha value is -1.94. The van der Waals surface area contributed by atoms with E-state index < -0.39 is 17.7 Å². The van der Waals surface area contributed by atoms with Gasteiger partial charge in [-0.1, -0.05) is 18.2 Å². The third-order valence-corrected chi connectivity index (χ3v) is 3.30. The second kappa shape index (κ2) is 5.21. The summed E-state index contributed by atoms with van der Waals surface area (Å²) < 4.78 is 32.8. The zero-order chi connectivity index (χ0) is 14.1. The molecule has 1 aliphatic rings. The van der Waals surface area contributed by atoms with Crippen molar-refractivity contribution in [2.75, 3.05) is 0 Å². The van der Waals surface area contributed by atoms with Gasteiger partial charge in [0, 0.05) is 0 Å². The quantitative estimate of drug-likeness (QED) is 0.924. The summed E-state index contributed by atoms with van der Waals surface area (Å²) in [5.41, 5.74) is 0.0977. The molecule has 3 rings (SSSR count). The molecule has 0 spiro atoms. The predicted octanol–water partition coefficient (Wildman–Crippen LogP) is 3.59. The number of ether oxygens (including phenoxy) is 1. The van der Waals surface area contributed by atoms with Gasteiger partial charge in [0.25, 0.3) is 0 Å². The van der Waals surface area contributed by atoms with Gasteiger partial charge in [-0.3, -0.25) is 0 Å². The van der Waals surface area contributed by atoms with E-state index in [-0.39, 0.29) is 11.7 Å². The van der Waals surface area contributed by atoms with Crippen molar-refractivity contribution in [3.05, 3.63) is 65.2 Å². The second-order valence-electron chi connectivity index (χ2n) is 4.92. The zero-order valence-electron chi connectivity index (χ0n) is 10.7. The molecule has 0 heterocycles. The molecule has 0 bridgehead atoms. The summed E-state index contributed by atoms with van der Waals surface area (Å²) in [4.78, 5) is 0. The van der Waals surface area contributed by atoms with Gasteiger partial charge >= 0.3 is 0 Å². The SMILES string of the molecule is OC(c1ccc(OC2CC2)cc1)c1c(F)cccc1F. The molecule has 104 valence electrons. The topological polar surface area (TPSA) is 29.5 Å². The van der Waals surface area contributed by atoms with Crippen LogP contribution in [0.2, 0.25) is 0 Å². The van der Waals surface area contributed by atoms with Crippen molar-refractivity contribution in [2.24, 2.45) is 0 Å². The van der Waals surface area contributed by atoms with Crippen LogP contribution in [0.5, 0.6) is 5.75 Å². The fourth-order valence-corrected chi connectivity index (χ4v) is 2.05. The summed E-state index contributed by atoms with van der Waals surface area (Å²) >= 11 is 0. The third kappa shape index (κ3) is 2.65. The highest BCUT2D eigenvalue weighted by molar-refractivity contribution is 5.35. The second-order valence-corrected chi connectivity index (χ2v) is 4.92. The molecule has 1 saturated carbocycles. The monoisotopic (exact) mass is 276 g/mol. The Bertz CT molecular complexity index is 586. The van der Waals surface area contributed by atoms with E-state index in [2.05, 4.69) is 0 Å².